The Labute approximate surface area is 174 Å². The van der Waals surface area contributed by atoms with Crippen molar-refractivity contribution in [1.29, 1.82) is 0 Å². The fourth-order valence-corrected chi connectivity index (χ4v) is 3.93. The molecule has 30 heavy (non-hydrogen) atoms. The summed E-state index contributed by atoms with van der Waals surface area (Å²) >= 11 is 1.45. The molecule has 0 bridgehead atoms. The van der Waals surface area contributed by atoms with Crippen molar-refractivity contribution in [2.75, 3.05) is 6.54 Å². The number of fused-ring (bicyclic) bond motifs is 1. The van der Waals surface area contributed by atoms with E-state index in [4.69, 9.17) is 0 Å². The Morgan fingerprint density at radius 2 is 1.97 bits per heavy atom. The summed E-state index contributed by atoms with van der Waals surface area (Å²) in [6, 6.07) is 12.2. The van der Waals surface area contributed by atoms with Gasteiger partial charge in [-0.3, -0.25) is 4.79 Å². The third-order valence-corrected chi connectivity index (χ3v) is 5.52. The minimum absolute atomic E-state index is 0.0251. The van der Waals surface area contributed by atoms with Gasteiger partial charge in [0, 0.05) is 29.5 Å². The zero-order valence-corrected chi connectivity index (χ0v) is 16.7. The zero-order valence-electron chi connectivity index (χ0n) is 15.9. The second-order valence-corrected chi connectivity index (χ2v) is 7.59. The smallest absolute Gasteiger partial charge is 0.352 e. The third-order valence-electron chi connectivity index (χ3n) is 4.65. The molecule has 5 nitrogen and oxygen atoms in total. The number of hydrogen-bond donors (Lipinski definition) is 1. The summed E-state index contributed by atoms with van der Waals surface area (Å²) in [5, 5.41) is 9.15. The SMILES string of the molecule is Cc1ccccc1-c1nc2scc(CCNC(=O)c3cccc(C(F)(F)F)c3)n2n1. The van der Waals surface area contributed by atoms with Crippen LogP contribution in [-0.2, 0) is 12.6 Å². The number of amides is 1. The molecular formula is C21H17F3N4OS. The summed E-state index contributed by atoms with van der Waals surface area (Å²) in [4.78, 5) is 17.5. The number of hydrogen-bond acceptors (Lipinski definition) is 4. The molecular weight excluding hydrogens is 413 g/mol. The van der Waals surface area contributed by atoms with Crippen molar-refractivity contribution in [2.45, 2.75) is 19.5 Å². The van der Waals surface area contributed by atoms with E-state index in [0.717, 1.165) is 33.9 Å². The van der Waals surface area contributed by atoms with E-state index in [-0.39, 0.29) is 12.1 Å². The van der Waals surface area contributed by atoms with Crippen LogP contribution < -0.4 is 5.32 Å². The zero-order chi connectivity index (χ0) is 21.3. The first kappa shape index (κ1) is 20.1. The van der Waals surface area contributed by atoms with Gasteiger partial charge in [-0.25, -0.2) is 4.52 Å². The maximum absolute atomic E-state index is 12.8. The number of halogens is 3. The summed E-state index contributed by atoms with van der Waals surface area (Å²) in [5.41, 5.74) is 2.03. The molecule has 0 aliphatic heterocycles. The Bertz CT molecular complexity index is 1210. The molecule has 2 aromatic heterocycles. The number of aryl methyl sites for hydroxylation is 1. The van der Waals surface area contributed by atoms with Gasteiger partial charge in [-0.05, 0) is 30.7 Å². The van der Waals surface area contributed by atoms with Crippen molar-refractivity contribution in [3.8, 4) is 11.4 Å². The summed E-state index contributed by atoms with van der Waals surface area (Å²) in [7, 11) is 0. The van der Waals surface area contributed by atoms with Crippen molar-refractivity contribution < 1.29 is 18.0 Å². The number of nitrogens with zero attached hydrogens (tertiary/aromatic N) is 3. The third kappa shape index (κ3) is 4.06. The van der Waals surface area contributed by atoms with E-state index >= 15 is 0 Å². The topological polar surface area (TPSA) is 59.3 Å². The number of benzene rings is 2. The van der Waals surface area contributed by atoms with Crippen LogP contribution >= 0.6 is 11.3 Å². The van der Waals surface area contributed by atoms with E-state index < -0.39 is 17.6 Å². The summed E-state index contributed by atoms with van der Waals surface area (Å²) in [6.07, 6.45) is -4.01. The monoisotopic (exact) mass is 430 g/mol. The Hall–Kier alpha value is -3.20. The second kappa shape index (κ2) is 7.91. The lowest BCUT2D eigenvalue weighted by Gasteiger charge is -2.09. The van der Waals surface area contributed by atoms with Gasteiger partial charge in [-0.2, -0.15) is 18.2 Å². The molecule has 0 spiro atoms. The molecule has 1 amide bonds. The van der Waals surface area contributed by atoms with Gasteiger partial charge in [-0.15, -0.1) is 16.4 Å². The molecule has 4 rings (SSSR count). The molecule has 2 aromatic carbocycles. The van der Waals surface area contributed by atoms with Crippen molar-refractivity contribution >= 4 is 22.2 Å². The molecule has 4 aromatic rings. The Morgan fingerprint density at radius 1 is 1.17 bits per heavy atom. The molecule has 154 valence electrons. The van der Waals surface area contributed by atoms with Crippen molar-refractivity contribution in [3.63, 3.8) is 0 Å². The van der Waals surface area contributed by atoms with E-state index in [1.807, 2.05) is 36.6 Å². The molecule has 0 saturated carbocycles. The number of alkyl halides is 3. The van der Waals surface area contributed by atoms with Crippen LogP contribution in [-0.4, -0.2) is 27.0 Å². The van der Waals surface area contributed by atoms with Crippen molar-refractivity contribution in [2.24, 2.45) is 0 Å². The van der Waals surface area contributed by atoms with Crippen LogP contribution in [0.25, 0.3) is 16.3 Å². The highest BCUT2D eigenvalue weighted by Gasteiger charge is 2.30. The molecule has 0 fully saturated rings. The molecule has 0 aliphatic rings. The lowest BCUT2D eigenvalue weighted by molar-refractivity contribution is -0.137. The fourth-order valence-electron chi connectivity index (χ4n) is 3.08. The normalized spacial score (nSPS) is 11.7. The van der Waals surface area contributed by atoms with Gasteiger partial charge in [0.05, 0.1) is 11.3 Å². The van der Waals surface area contributed by atoms with Crippen LogP contribution in [0.4, 0.5) is 13.2 Å². The number of rotatable bonds is 5. The largest absolute Gasteiger partial charge is 0.416 e. The van der Waals surface area contributed by atoms with Crippen LogP contribution in [0.3, 0.4) is 0 Å². The van der Waals surface area contributed by atoms with Gasteiger partial charge in [-0.1, -0.05) is 30.3 Å². The lowest BCUT2D eigenvalue weighted by atomic mass is 10.1. The summed E-state index contributed by atoms with van der Waals surface area (Å²) in [6.45, 7) is 2.26. The lowest BCUT2D eigenvalue weighted by Crippen LogP contribution is -2.26. The number of aromatic nitrogens is 3. The first-order valence-electron chi connectivity index (χ1n) is 9.17. The Kier molecular flexibility index (Phi) is 5.29. The molecule has 1 N–H and O–H groups in total. The van der Waals surface area contributed by atoms with Crippen LogP contribution in [0.5, 0.6) is 0 Å². The van der Waals surface area contributed by atoms with Crippen molar-refractivity contribution in [1.82, 2.24) is 19.9 Å². The second-order valence-electron chi connectivity index (χ2n) is 6.76. The summed E-state index contributed by atoms with van der Waals surface area (Å²) < 4.78 is 40.2. The van der Waals surface area contributed by atoms with E-state index in [9.17, 15) is 18.0 Å². The molecule has 0 atom stereocenters. The molecule has 9 heteroatoms. The number of carbonyl (C=O) groups is 1. The van der Waals surface area contributed by atoms with E-state index in [1.54, 1.807) is 4.52 Å². The predicted molar refractivity (Wildman–Crippen MR) is 109 cm³/mol. The molecule has 0 unspecified atom stereocenters. The molecule has 0 radical (unpaired) electrons. The molecule has 0 aliphatic carbocycles. The van der Waals surface area contributed by atoms with Gasteiger partial charge >= 0.3 is 6.18 Å². The first-order valence-corrected chi connectivity index (χ1v) is 10.1. The van der Waals surface area contributed by atoms with Crippen molar-refractivity contribution in [3.05, 3.63) is 76.3 Å². The fraction of sp³-hybridized carbons (Fsp3) is 0.190. The van der Waals surface area contributed by atoms with Gasteiger partial charge < -0.3 is 5.32 Å². The van der Waals surface area contributed by atoms with Gasteiger partial charge in [0.15, 0.2) is 5.82 Å². The number of carbonyl (C=O) groups excluding carboxylic acids is 1. The molecule has 0 saturated heterocycles. The minimum Gasteiger partial charge on any atom is -0.352 e. The van der Waals surface area contributed by atoms with Crippen LogP contribution in [0.1, 0.15) is 27.2 Å². The highest BCUT2D eigenvalue weighted by molar-refractivity contribution is 7.15. The van der Waals surface area contributed by atoms with Crippen LogP contribution in [0, 0.1) is 6.92 Å². The van der Waals surface area contributed by atoms with E-state index in [0.29, 0.717) is 12.2 Å². The minimum atomic E-state index is -4.49. The van der Waals surface area contributed by atoms with Gasteiger partial charge in [0.1, 0.15) is 0 Å². The van der Waals surface area contributed by atoms with Crippen LogP contribution in [0.15, 0.2) is 53.9 Å². The van der Waals surface area contributed by atoms with Gasteiger partial charge in [0.25, 0.3) is 5.91 Å². The predicted octanol–water partition coefficient (Wildman–Crippen LogP) is 4.76. The Morgan fingerprint density at radius 3 is 2.73 bits per heavy atom. The average molecular weight is 430 g/mol. The van der Waals surface area contributed by atoms with E-state index in [1.165, 1.54) is 23.5 Å². The molecule has 2 heterocycles. The summed E-state index contributed by atoms with van der Waals surface area (Å²) in [5.74, 6) is 0.0842. The quantitative estimate of drug-likeness (QED) is 0.497. The number of nitrogens with one attached hydrogen (secondary N) is 1. The standard InChI is InChI=1S/C21H17F3N4OS/c1-13-5-2-3-8-17(13)18-26-20-28(27-18)16(12-30-20)9-10-25-19(29)14-6-4-7-15(11-14)21(22,23)24/h2-8,11-12H,9-10H2,1H3,(H,25,29). The highest BCUT2D eigenvalue weighted by atomic mass is 32.1. The van der Waals surface area contributed by atoms with Crippen LogP contribution in [0.2, 0.25) is 0 Å². The maximum atomic E-state index is 12.8. The van der Waals surface area contributed by atoms with E-state index in [2.05, 4.69) is 15.4 Å². The average Bonchev–Trinajstić information content (AvgIpc) is 3.29. The van der Waals surface area contributed by atoms with Gasteiger partial charge in [0.2, 0.25) is 4.96 Å². The maximum Gasteiger partial charge on any atom is 0.416 e. The first-order chi connectivity index (χ1) is 14.3. The number of thiazole rings is 1. The Balaban J connectivity index is 1.44. The highest BCUT2D eigenvalue weighted by Crippen LogP contribution is 2.29.